The van der Waals surface area contributed by atoms with Crippen LogP contribution in [-0.4, -0.2) is 24.5 Å². The Morgan fingerprint density at radius 2 is 2.00 bits per heavy atom. The number of nitrogens with zero attached hydrogens (tertiary/aromatic N) is 1. The summed E-state index contributed by atoms with van der Waals surface area (Å²) >= 11 is 0. The van der Waals surface area contributed by atoms with Crippen LogP contribution in [0.1, 0.15) is 64.0 Å². The lowest BCUT2D eigenvalue weighted by Crippen LogP contribution is -2.55. The van der Waals surface area contributed by atoms with Crippen LogP contribution >= 0.6 is 0 Å². The lowest BCUT2D eigenvalue weighted by Gasteiger charge is -2.48. The fourth-order valence-electron chi connectivity index (χ4n) is 5.40. The second kappa shape index (κ2) is 7.87. The molecule has 29 heavy (non-hydrogen) atoms. The van der Waals surface area contributed by atoms with Crippen molar-refractivity contribution in [2.75, 3.05) is 19.6 Å². The summed E-state index contributed by atoms with van der Waals surface area (Å²) in [6.45, 7) is 16.5. The Labute approximate surface area is 176 Å². The van der Waals surface area contributed by atoms with Crippen molar-refractivity contribution < 1.29 is 4.39 Å². The minimum Gasteiger partial charge on any atom is -0.302 e. The molecule has 156 valence electrons. The fourth-order valence-corrected chi connectivity index (χ4v) is 5.40. The van der Waals surface area contributed by atoms with Gasteiger partial charge >= 0.3 is 0 Å². The smallest absolute Gasteiger partial charge is 0.126 e. The summed E-state index contributed by atoms with van der Waals surface area (Å²) in [5, 5.41) is 0. The molecule has 1 saturated heterocycles. The first-order chi connectivity index (χ1) is 13.8. The van der Waals surface area contributed by atoms with Gasteiger partial charge in [-0.25, -0.2) is 4.39 Å². The molecule has 3 aliphatic rings. The maximum atomic E-state index is 14.2. The van der Waals surface area contributed by atoms with Gasteiger partial charge in [-0.3, -0.25) is 0 Å². The van der Waals surface area contributed by atoms with E-state index in [0.29, 0.717) is 22.8 Å². The van der Waals surface area contributed by atoms with Crippen LogP contribution in [0, 0.1) is 30.0 Å². The highest BCUT2D eigenvalue weighted by atomic mass is 19.1. The number of aryl methyl sites for hydroxylation is 1. The topological polar surface area (TPSA) is 3.24 Å². The van der Waals surface area contributed by atoms with Crippen molar-refractivity contribution in [3.8, 4) is 0 Å². The van der Waals surface area contributed by atoms with Gasteiger partial charge in [0, 0.05) is 25.0 Å². The van der Waals surface area contributed by atoms with Crippen molar-refractivity contribution in [2.24, 2.45) is 17.3 Å². The van der Waals surface area contributed by atoms with E-state index in [1.54, 1.807) is 6.07 Å². The highest BCUT2D eigenvalue weighted by Gasteiger charge is 2.47. The first-order valence-corrected chi connectivity index (χ1v) is 11.3. The summed E-state index contributed by atoms with van der Waals surface area (Å²) in [5.74, 6) is 1.28. The standard InChI is InChI=1S/C27H36FN/c1-18(10-11-29-16-27(17-29)14-20(3)21(4)15-27)12-25(22(5)23-8-9-23)24-7-6-19(2)26(28)13-24/h6-7,12-13,21,23H,3,8-11,14-17H2,1-2,4-5H3/b18-12-,25-22-. The van der Waals surface area contributed by atoms with E-state index in [9.17, 15) is 4.39 Å². The number of hydrogen-bond donors (Lipinski definition) is 0. The summed E-state index contributed by atoms with van der Waals surface area (Å²) in [5.41, 5.74) is 7.79. The van der Waals surface area contributed by atoms with Gasteiger partial charge in [0.2, 0.25) is 0 Å². The monoisotopic (exact) mass is 393 g/mol. The van der Waals surface area contributed by atoms with Crippen LogP contribution in [0.5, 0.6) is 0 Å². The highest BCUT2D eigenvalue weighted by molar-refractivity contribution is 5.77. The third-order valence-corrected chi connectivity index (χ3v) is 7.47. The SMILES string of the molecule is C=C1CC2(CC1C)CN(CC/C(C)=C\C(=C(/C)C1CC1)c1ccc(C)c(F)c1)C2. The molecule has 2 aliphatic carbocycles. The molecule has 2 heteroatoms. The minimum atomic E-state index is -0.104. The number of benzene rings is 1. The number of halogens is 1. The minimum absolute atomic E-state index is 0.104. The third kappa shape index (κ3) is 4.43. The zero-order chi connectivity index (χ0) is 20.8. The van der Waals surface area contributed by atoms with E-state index in [1.165, 1.54) is 61.1 Å². The van der Waals surface area contributed by atoms with Gasteiger partial charge in [0.25, 0.3) is 0 Å². The number of hydrogen-bond acceptors (Lipinski definition) is 1. The number of likely N-dealkylation sites (tertiary alicyclic amines) is 1. The number of allylic oxidation sites excluding steroid dienone is 4. The average molecular weight is 394 g/mol. The van der Waals surface area contributed by atoms with Crippen molar-refractivity contribution in [2.45, 2.75) is 59.8 Å². The summed E-state index contributed by atoms with van der Waals surface area (Å²) in [4.78, 5) is 2.60. The van der Waals surface area contributed by atoms with Gasteiger partial charge in [-0.2, -0.15) is 0 Å². The van der Waals surface area contributed by atoms with Crippen LogP contribution in [0.3, 0.4) is 0 Å². The molecular formula is C27H36FN. The fraction of sp³-hybridized carbons (Fsp3) is 0.556. The molecule has 0 N–H and O–H groups in total. The van der Waals surface area contributed by atoms with Gasteiger partial charge in [-0.1, -0.05) is 48.4 Å². The zero-order valence-corrected chi connectivity index (χ0v) is 18.7. The van der Waals surface area contributed by atoms with Crippen molar-refractivity contribution in [1.82, 2.24) is 4.90 Å². The van der Waals surface area contributed by atoms with E-state index >= 15 is 0 Å². The predicted octanol–water partition coefficient (Wildman–Crippen LogP) is 6.94. The Hall–Kier alpha value is -1.67. The van der Waals surface area contributed by atoms with E-state index in [1.807, 2.05) is 13.0 Å². The highest BCUT2D eigenvalue weighted by Crippen LogP contribution is 2.50. The molecule has 1 atom stereocenters. The van der Waals surface area contributed by atoms with E-state index in [4.69, 9.17) is 0 Å². The Morgan fingerprint density at radius 3 is 2.59 bits per heavy atom. The Bertz CT molecular complexity index is 865. The van der Waals surface area contributed by atoms with Gasteiger partial charge < -0.3 is 4.90 Å². The molecule has 0 bridgehead atoms. The molecule has 0 amide bonds. The molecule has 1 spiro atoms. The first-order valence-electron chi connectivity index (χ1n) is 11.3. The molecule has 1 nitrogen and oxygen atoms in total. The third-order valence-electron chi connectivity index (χ3n) is 7.47. The van der Waals surface area contributed by atoms with Crippen LogP contribution in [0.2, 0.25) is 0 Å². The largest absolute Gasteiger partial charge is 0.302 e. The lowest BCUT2D eigenvalue weighted by atomic mass is 9.77. The first kappa shape index (κ1) is 20.6. The summed E-state index contributed by atoms with van der Waals surface area (Å²) < 4.78 is 14.2. The molecule has 1 aromatic rings. The predicted molar refractivity (Wildman–Crippen MR) is 121 cm³/mol. The van der Waals surface area contributed by atoms with Crippen LogP contribution in [0.4, 0.5) is 4.39 Å². The summed E-state index contributed by atoms with van der Waals surface area (Å²) in [6.07, 6.45) is 8.51. The van der Waals surface area contributed by atoms with Crippen LogP contribution in [0.15, 0.2) is 47.6 Å². The van der Waals surface area contributed by atoms with Crippen LogP contribution in [0.25, 0.3) is 5.57 Å². The van der Waals surface area contributed by atoms with Gasteiger partial charge in [0.15, 0.2) is 0 Å². The zero-order valence-electron chi connectivity index (χ0n) is 18.7. The summed E-state index contributed by atoms with van der Waals surface area (Å²) in [6, 6.07) is 5.70. The molecule has 2 saturated carbocycles. The van der Waals surface area contributed by atoms with Crippen molar-refractivity contribution in [3.05, 3.63) is 64.5 Å². The Balaban J connectivity index is 1.41. The van der Waals surface area contributed by atoms with Crippen molar-refractivity contribution in [1.29, 1.82) is 0 Å². The molecular weight excluding hydrogens is 357 g/mol. The van der Waals surface area contributed by atoms with Gasteiger partial charge in [0.1, 0.15) is 5.82 Å². The van der Waals surface area contributed by atoms with E-state index in [2.05, 4.69) is 44.4 Å². The van der Waals surface area contributed by atoms with E-state index in [0.717, 1.165) is 18.5 Å². The Morgan fingerprint density at radius 1 is 1.28 bits per heavy atom. The van der Waals surface area contributed by atoms with Gasteiger partial charge in [-0.15, -0.1) is 0 Å². The van der Waals surface area contributed by atoms with Gasteiger partial charge in [-0.05, 0) is 87.5 Å². The van der Waals surface area contributed by atoms with E-state index < -0.39 is 0 Å². The molecule has 0 aromatic heterocycles. The molecule has 0 radical (unpaired) electrons. The molecule has 1 unspecified atom stereocenters. The van der Waals surface area contributed by atoms with Crippen LogP contribution < -0.4 is 0 Å². The second-order valence-electron chi connectivity index (χ2n) is 10.2. The second-order valence-corrected chi connectivity index (χ2v) is 10.2. The molecule has 4 rings (SSSR count). The molecule has 1 aromatic carbocycles. The van der Waals surface area contributed by atoms with Crippen molar-refractivity contribution >= 4 is 5.57 Å². The maximum absolute atomic E-state index is 14.2. The average Bonchev–Trinajstić information content (AvgIpc) is 3.44. The lowest BCUT2D eigenvalue weighted by molar-refractivity contribution is 0.00609. The number of rotatable bonds is 6. The van der Waals surface area contributed by atoms with Gasteiger partial charge in [0.05, 0.1) is 0 Å². The van der Waals surface area contributed by atoms with Crippen LogP contribution in [-0.2, 0) is 0 Å². The maximum Gasteiger partial charge on any atom is 0.126 e. The molecule has 3 fully saturated rings. The quantitative estimate of drug-likeness (QED) is 0.374. The van der Waals surface area contributed by atoms with Crippen molar-refractivity contribution in [3.63, 3.8) is 0 Å². The Kier molecular flexibility index (Phi) is 5.59. The molecule has 1 aliphatic heterocycles. The normalized spacial score (nSPS) is 25.3. The molecule has 1 heterocycles. The summed E-state index contributed by atoms with van der Waals surface area (Å²) in [7, 11) is 0. The van der Waals surface area contributed by atoms with E-state index in [-0.39, 0.29) is 5.82 Å².